The van der Waals surface area contributed by atoms with Gasteiger partial charge in [0.25, 0.3) is 0 Å². The minimum Gasteiger partial charge on any atom is -0.380 e. The third-order valence-electron chi connectivity index (χ3n) is 6.03. The summed E-state index contributed by atoms with van der Waals surface area (Å²) in [5.41, 5.74) is -4.70. The Kier molecular flexibility index (Phi) is 7.02. The van der Waals surface area contributed by atoms with Crippen molar-refractivity contribution in [2.45, 2.75) is 58.7 Å². The van der Waals surface area contributed by atoms with Gasteiger partial charge in [-0.05, 0) is 55.0 Å². The number of hydrogen-bond donors (Lipinski definition) is 1. The number of rotatable bonds is 5. The van der Waals surface area contributed by atoms with Gasteiger partial charge >= 0.3 is 6.18 Å². The zero-order valence-corrected chi connectivity index (χ0v) is 19.7. The van der Waals surface area contributed by atoms with Crippen LogP contribution in [0.1, 0.15) is 58.2 Å². The van der Waals surface area contributed by atoms with Crippen LogP contribution in [0.2, 0.25) is 0 Å². The Morgan fingerprint density at radius 3 is 2.03 bits per heavy atom. The fourth-order valence-corrected chi connectivity index (χ4v) is 3.93. The summed E-state index contributed by atoms with van der Waals surface area (Å²) in [4.78, 5) is 0. The molecule has 176 valence electrons. The number of benzene rings is 2. The highest BCUT2D eigenvalue weighted by Crippen LogP contribution is 2.50. The monoisotopic (exact) mass is 459 g/mol. The molecule has 2 aromatic carbocycles. The lowest BCUT2D eigenvalue weighted by atomic mass is 9.66. The summed E-state index contributed by atoms with van der Waals surface area (Å²) >= 11 is 0. The van der Waals surface area contributed by atoms with Crippen LogP contribution in [0.5, 0.6) is 0 Å². The number of allylic oxidation sites excluding steroid dienone is 1. The minimum atomic E-state index is -4.80. The van der Waals surface area contributed by atoms with Crippen LogP contribution in [0.4, 0.5) is 17.6 Å². The highest BCUT2D eigenvalue weighted by Gasteiger charge is 2.48. The van der Waals surface area contributed by atoms with Gasteiger partial charge in [0.15, 0.2) is 0 Å². The molecular weight excluding hydrogens is 430 g/mol. The number of nitriles is 1. The molecule has 0 aliphatic rings. The molecule has 6 heteroatoms. The number of hydrogen-bond acceptors (Lipinski definition) is 2. The van der Waals surface area contributed by atoms with Gasteiger partial charge in [0.05, 0.1) is 17.0 Å². The molecule has 0 fully saturated rings. The summed E-state index contributed by atoms with van der Waals surface area (Å²) in [6, 6.07) is 9.57. The summed E-state index contributed by atoms with van der Waals surface area (Å²) in [6.45, 7) is 13.5. The van der Waals surface area contributed by atoms with Crippen LogP contribution in [0.25, 0.3) is 11.1 Å². The van der Waals surface area contributed by atoms with E-state index in [0.717, 1.165) is 6.07 Å². The fraction of sp³-hybridized carbons (Fsp3) is 0.370. The predicted molar refractivity (Wildman–Crippen MR) is 123 cm³/mol. The average molecular weight is 460 g/mol. The van der Waals surface area contributed by atoms with Gasteiger partial charge in [-0.2, -0.15) is 18.4 Å². The van der Waals surface area contributed by atoms with Crippen LogP contribution in [0, 0.1) is 22.6 Å². The van der Waals surface area contributed by atoms with Crippen molar-refractivity contribution in [2.75, 3.05) is 0 Å². The topological polar surface area (TPSA) is 44.0 Å². The first-order valence-corrected chi connectivity index (χ1v) is 10.5. The molecule has 2 rings (SSSR count). The van der Waals surface area contributed by atoms with E-state index in [-0.39, 0.29) is 22.3 Å². The molecule has 0 bridgehead atoms. The van der Waals surface area contributed by atoms with Gasteiger partial charge in [0.2, 0.25) is 0 Å². The first-order valence-electron chi connectivity index (χ1n) is 10.5. The Hall–Kier alpha value is -2.91. The first-order chi connectivity index (χ1) is 15.0. The molecule has 0 amide bonds. The standard InChI is InChI=1S/C27H29F4NO/c1-8-18(9-2)26(33,24(3,4)5)21-13-10-17(14-22(21)27(29,30)31)20-12-11-19(15-23(20)28)25(6,7)16-32/h8-15,33H,1H2,2-7H3/b18-9+. The molecule has 0 saturated carbocycles. The smallest absolute Gasteiger partial charge is 0.380 e. The van der Waals surface area contributed by atoms with Gasteiger partial charge in [-0.15, -0.1) is 0 Å². The quantitative estimate of drug-likeness (QED) is 0.368. The number of aliphatic hydroxyl groups is 1. The van der Waals surface area contributed by atoms with E-state index in [9.17, 15) is 27.9 Å². The van der Waals surface area contributed by atoms with Gasteiger partial charge in [-0.25, -0.2) is 4.39 Å². The summed E-state index contributed by atoms with van der Waals surface area (Å²) in [5, 5.41) is 20.9. The second-order valence-electron chi connectivity index (χ2n) is 9.60. The zero-order valence-electron chi connectivity index (χ0n) is 19.7. The van der Waals surface area contributed by atoms with Crippen molar-refractivity contribution >= 4 is 0 Å². The molecule has 1 atom stereocenters. The van der Waals surface area contributed by atoms with Crippen molar-refractivity contribution in [3.63, 3.8) is 0 Å². The second-order valence-corrected chi connectivity index (χ2v) is 9.60. The van der Waals surface area contributed by atoms with E-state index in [0.29, 0.717) is 5.56 Å². The van der Waals surface area contributed by atoms with E-state index < -0.39 is 34.0 Å². The Labute approximate surface area is 192 Å². The minimum absolute atomic E-state index is 0.0155. The van der Waals surface area contributed by atoms with Gasteiger partial charge in [-0.1, -0.05) is 63.8 Å². The lowest BCUT2D eigenvalue weighted by molar-refractivity contribution is -0.142. The molecule has 0 heterocycles. The van der Waals surface area contributed by atoms with Crippen LogP contribution >= 0.6 is 0 Å². The van der Waals surface area contributed by atoms with E-state index in [1.165, 1.54) is 42.5 Å². The molecule has 1 unspecified atom stereocenters. The molecule has 0 aromatic heterocycles. The molecule has 1 N–H and O–H groups in total. The van der Waals surface area contributed by atoms with Crippen LogP contribution in [-0.2, 0) is 17.2 Å². The summed E-state index contributed by atoms with van der Waals surface area (Å²) in [7, 11) is 0. The van der Waals surface area contributed by atoms with Crippen LogP contribution in [-0.4, -0.2) is 5.11 Å². The summed E-state index contributed by atoms with van der Waals surface area (Å²) < 4.78 is 57.6. The maximum Gasteiger partial charge on any atom is 0.416 e. The molecular formula is C27H29F4NO. The third-order valence-corrected chi connectivity index (χ3v) is 6.03. The van der Waals surface area contributed by atoms with Crippen LogP contribution in [0.15, 0.2) is 60.7 Å². The number of halogens is 4. The van der Waals surface area contributed by atoms with Crippen molar-refractivity contribution in [1.29, 1.82) is 5.26 Å². The Bertz CT molecular complexity index is 1130. The van der Waals surface area contributed by atoms with E-state index in [1.807, 2.05) is 0 Å². The predicted octanol–water partition coefficient (Wildman–Crippen LogP) is 7.68. The maximum atomic E-state index is 14.9. The van der Waals surface area contributed by atoms with E-state index >= 15 is 0 Å². The molecule has 0 radical (unpaired) electrons. The highest BCUT2D eigenvalue weighted by atomic mass is 19.4. The molecule has 2 aromatic rings. The molecule has 2 nitrogen and oxygen atoms in total. The largest absolute Gasteiger partial charge is 0.416 e. The number of nitrogens with zero attached hydrogens (tertiary/aromatic N) is 1. The highest BCUT2D eigenvalue weighted by molar-refractivity contribution is 5.67. The molecule has 0 saturated heterocycles. The van der Waals surface area contributed by atoms with Gasteiger partial charge in [-0.3, -0.25) is 0 Å². The van der Waals surface area contributed by atoms with Crippen molar-refractivity contribution in [3.05, 3.63) is 83.2 Å². The zero-order chi connectivity index (χ0) is 25.4. The third kappa shape index (κ3) is 4.74. The van der Waals surface area contributed by atoms with Crippen molar-refractivity contribution in [2.24, 2.45) is 5.41 Å². The van der Waals surface area contributed by atoms with Gasteiger partial charge in [0.1, 0.15) is 11.4 Å². The van der Waals surface area contributed by atoms with Gasteiger partial charge < -0.3 is 5.11 Å². The van der Waals surface area contributed by atoms with Crippen molar-refractivity contribution < 1.29 is 22.7 Å². The second kappa shape index (κ2) is 8.79. The lowest BCUT2D eigenvalue weighted by Crippen LogP contribution is -2.43. The average Bonchev–Trinajstić information content (AvgIpc) is 2.72. The molecule has 0 aliphatic heterocycles. The summed E-state index contributed by atoms with van der Waals surface area (Å²) in [6.07, 6.45) is -1.93. The lowest BCUT2D eigenvalue weighted by Gasteiger charge is -2.43. The molecule has 0 spiro atoms. The summed E-state index contributed by atoms with van der Waals surface area (Å²) in [5.74, 6) is -0.733. The normalized spacial score (nSPS) is 15.0. The Balaban J connectivity index is 2.83. The first kappa shape index (κ1) is 26.3. The SMILES string of the molecule is C=C/C(=C\C)C(O)(c1ccc(-c2ccc(C(C)(C)C#N)cc2F)cc1C(F)(F)F)C(C)(C)C. The number of alkyl halides is 3. The van der Waals surface area contributed by atoms with E-state index in [4.69, 9.17) is 0 Å². The van der Waals surface area contributed by atoms with Crippen molar-refractivity contribution in [1.82, 2.24) is 0 Å². The van der Waals surface area contributed by atoms with Gasteiger partial charge in [0, 0.05) is 11.1 Å². The fourth-order valence-electron chi connectivity index (χ4n) is 3.93. The van der Waals surface area contributed by atoms with E-state index in [2.05, 4.69) is 12.6 Å². The van der Waals surface area contributed by atoms with Crippen LogP contribution < -0.4 is 0 Å². The van der Waals surface area contributed by atoms with E-state index in [1.54, 1.807) is 41.5 Å². The maximum absolute atomic E-state index is 14.9. The van der Waals surface area contributed by atoms with Crippen LogP contribution in [0.3, 0.4) is 0 Å². The Morgan fingerprint density at radius 2 is 1.61 bits per heavy atom. The molecule has 0 aliphatic carbocycles. The molecule has 33 heavy (non-hydrogen) atoms. The Morgan fingerprint density at radius 1 is 1.00 bits per heavy atom. The van der Waals surface area contributed by atoms with Crippen molar-refractivity contribution in [3.8, 4) is 17.2 Å².